The fourth-order valence-corrected chi connectivity index (χ4v) is 3.74. The van der Waals surface area contributed by atoms with E-state index in [1.807, 2.05) is 0 Å². The maximum atomic E-state index is 13.2. The van der Waals surface area contributed by atoms with Gasteiger partial charge < -0.3 is 14.2 Å². The Hall–Kier alpha value is -3.67. The van der Waals surface area contributed by atoms with Gasteiger partial charge in [0, 0.05) is 25.1 Å². The Labute approximate surface area is 186 Å². The summed E-state index contributed by atoms with van der Waals surface area (Å²) in [6.45, 7) is 0.479. The summed E-state index contributed by atoms with van der Waals surface area (Å²) in [6, 6.07) is 3.43. The van der Waals surface area contributed by atoms with Crippen molar-refractivity contribution in [2.45, 2.75) is 25.9 Å². The van der Waals surface area contributed by atoms with E-state index in [4.69, 9.17) is 14.2 Å². The normalized spacial score (nSPS) is 15.7. The van der Waals surface area contributed by atoms with Crippen LogP contribution in [0.25, 0.3) is 11.3 Å². The molecular weight excluding hydrogens is 443 g/mol. The highest BCUT2D eigenvalue weighted by molar-refractivity contribution is 6.11. The number of ether oxygens (including phenoxy) is 3. The summed E-state index contributed by atoms with van der Waals surface area (Å²) in [6.07, 6.45) is -1.48. The molecule has 4 heterocycles. The molecule has 3 aromatic rings. The van der Waals surface area contributed by atoms with E-state index in [0.29, 0.717) is 39.7 Å². The zero-order valence-corrected chi connectivity index (χ0v) is 18.2. The van der Waals surface area contributed by atoms with Gasteiger partial charge in [0.2, 0.25) is 0 Å². The third-order valence-corrected chi connectivity index (χ3v) is 5.14. The van der Waals surface area contributed by atoms with E-state index in [1.54, 1.807) is 25.3 Å². The molecule has 0 saturated carbocycles. The number of hydrogen-bond acceptors (Lipinski definition) is 7. The minimum atomic E-state index is -4.44. The van der Waals surface area contributed by atoms with Crippen LogP contribution in [0.4, 0.5) is 18.9 Å². The van der Waals surface area contributed by atoms with Crippen LogP contribution in [-0.4, -0.2) is 53.2 Å². The Balaban J connectivity index is 1.75. The molecule has 1 amide bonds. The number of nitrogens with zero attached hydrogens (tertiary/aromatic N) is 5. The van der Waals surface area contributed by atoms with Crippen LogP contribution in [0.5, 0.6) is 11.6 Å². The minimum Gasteiger partial charge on any atom is -0.491 e. The van der Waals surface area contributed by atoms with Gasteiger partial charge in [-0.3, -0.25) is 14.4 Å². The number of aryl methyl sites for hydroxylation is 1. The van der Waals surface area contributed by atoms with Crippen molar-refractivity contribution < 1.29 is 32.2 Å². The number of hydrogen-bond donors (Lipinski definition) is 0. The molecule has 1 aliphatic heterocycles. The molecule has 0 bridgehead atoms. The molecular formula is C21H20F3N5O4. The quantitative estimate of drug-likeness (QED) is 0.552. The number of anilines is 1. The first-order valence-corrected chi connectivity index (χ1v) is 9.72. The Bertz CT molecular complexity index is 1210. The number of amides is 1. The molecule has 4 rings (SSSR count). The predicted octanol–water partition coefficient (Wildman–Crippen LogP) is 3.53. The summed E-state index contributed by atoms with van der Waals surface area (Å²) in [5.41, 5.74) is 2.60. The van der Waals surface area contributed by atoms with Gasteiger partial charge in [0.15, 0.2) is 12.0 Å². The first kappa shape index (κ1) is 22.5. The van der Waals surface area contributed by atoms with Gasteiger partial charge in [-0.15, -0.1) is 0 Å². The largest absolute Gasteiger partial charge is 0.491 e. The molecule has 9 nitrogen and oxygen atoms in total. The Morgan fingerprint density at radius 3 is 2.52 bits per heavy atom. The number of aromatic nitrogens is 4. The number of rotatable bonds is 6. The molecule has 0 N–H and O–H groups in total. The number of carbonyl (C=O) groups is 1. The standard InChI is InChI=1S/C21H20F3N5O4/c1-11-5-14(12-6-15(31-2)18(32-3)25-7-12)27-17-16(11)19(30)29(20(17)33-4)13-8-26-28(9-13)10-21(22,23)24/h5-9,20H,10H2,1-4H3. The van der Waals surface area contributed by atoms with Gasteiger partial charge in [-0.1, -0.05) is 0 Å². The van der Waals surface area contributed by atoms with E-state index in [-0.39, 0.29) is 5.69 Å². The smallest absolute Gasteiger partial charge is 0.408 e. The van der Waals surface area contributed by atoms with Crippen molar-refractivity contribution in [3.8, 4) is 22.9 Å². The van der Waals surface area contributed by atoms with Gasteiger partial charge in [0.05, 0.1) is 37.4 Å². The molecule has 0 radical (unpaired) electrons. The highest BCUT2D eigenvalue weighted by atomic mass is 19.4. The van der Waals surface area contributed by atoms with Crippen LogP contribution in [0.3, 0.4) is 0 Å². The number of methoxy groups -OCH3 is 3. The second kappa shape index (κ2) is 8.35. The summed E-state index contributed by atoms with van der Waals surface area (Å²) in [5, 5.41) is 3.73. The van der Waals surface area contributed by atoms with E-state index in [9.17, 15) is 18.0 Å². The van der Waals surface area contributed by atoms with E-state index in [1.165, 1.54) is 32.4 Å². The average Bonchev–Trinajstić information content (AvgIpc) is 3.33. The Morgan fingerprint density at radius 2 is 1.88 bits per heavy atom. The van der Waals surface area contributed by atoms with Gasteiger partial charge in [0.1, 0.15) is 12.2 Å². The second-order valence-electron chi connectivity index (χ2n) is 7.29. The van der Waals surface area contributed by atoms with Gasteiger partial charge in [-0.2, -0.15) is 18.3 Å². The van der Waals surface area contributed by atoms with Crippen LogP contribution in [0, 0.1) is 6.92 Å². The molecule has 0 aliphatic carbocycles. The second-order valence-corrected chi connectivity index (χ2v) is 7.29. The van der Waals surface area contributed by atoms with Crippen LogP contribution in [0.1, 0.15) is 27.8 Å². The van der Waals surface area contributed by atoms with Gasteiger partial charge in [-0.05, 0) is 24.6 Å². The maximum Gasteiger partial charge on any atom is 0.408 e. The molecule has 0 fully saturated rings. The molecule has 12 heteroatoms. The summed E-state index contributed by atoms with van der Waals surface area (Å²) in [7, 11) is 4.35. The third kappa shape index (κ3) is 4.09. The number of carbonyl (C=O) groups excluding carboxylic acids is 1. The third-order valence-electron chi connectivity index (χ3n) is 5.14. The molecule has 174 valence electrons. The average molecular weight is 463 g/mol. The molecule has 33 heavy (non-hydrogen) atoms. The van der Waals surface area contributed by atoms with E-state index >= 15 is 0 Å². The fourth-order valence-electron chi connectivity index (χ4n) is 3.74. The number of pyridine rings is 2. The van der Waals surface area contributed by atoms with Crippen LogP contribution in [0.15, 0.2) is 30.7 Å². The lowest BCUT2D eigenvalue weighted by Gasteiger charge is -2.21. The van der Waals surface area contributed by atoms with Crippen LogP contribution < -0.4 is 14.4 Å². The highest BCUT2D eigenvalue weighted by Gasteiger charge is 2.42. The fraction of sp³-hybridized carbons (Fsp3) is 0.333. The lowest BCUT2D eigenvalue weighted by Crippen LogP contribution is -2.28. The summed E-state index contributed by atoms with van der Waals surface area (Å²) >= 11 is 0. The topological polar surface area (TPSA) is 91.6 Å². The molecule has 0 saturated heterocycles. The molecule has 1 aliphatic rings. The molecule has 0 spiro atoms. The summed E-state index contributed by atoms with van der Waals surface area (Å²) in [5.74, 6) is 0.282. The monoisotopic (exact) mass is 463 g/mol. The molecule has 3 aromatic heterocycles. The van der Waals surface area contributed by atoms with Crippen LogP contribution in [0.2, 0.25) is 0 Å². The first-order chi connectivity index (χ1) is 15.7. The van der Waals surface area contributed by atoms with E-state index in [0.717, 1.165) is 10.9 Å². The van der Waals surface area contributed by atoms with Gasteiger partial charge >= 0.3 is 6.18 Å². The van der Waals surface area contributed by atoms with Crippen molar-refractivity contribution in [3.63, 3.8) is 0 Å². The predicted molar refractivity (Wildman–Crippen MR) is 110 cm³/mol. The van der Waals surface area contributed by atoms with Gasteiger partial charge in [0.25, 0.3) is 11.8 Å². The summed E-state index contributed by atoms with van der Waals surface area (Å²) < 4.78 is 54.9. The van der Waals surface area contributed by atoms with Crippen molar-refractivity contribution in [2.75, 3.05) is 26.2 Å². The lowest BCUT2D eigenvalue weighted by atomic mass is 10.0. The van der Waals surface area contributed by atoms with Crippen LogP contribution in [-0.2, 0) is 11.3 Å². The molecule has 1 unspecified atom stereocenters. The number of halogens is 3. The van der Waals surface area contributed by atoms with Crippen molar-refractivity contribution in [1.29, 1.82) is 0 Å². The van der Waals surface area contributed by atoms with Crippen molar-refractivity contribution >= 4 is 11.6 Å². The highest BCUT2D eigenvalue weighted by Crippen LogP contribution is 2.40. The lowest BCUT2D eigenvalue weighted by molar-refractivity contribution is -0.142. The minimum absolute atomic E-state index is 0.169. The van der Waals surface area contributed by atoms with E-state index < -0.39 is 24.9 Å². The Morgan fingerprint density at radius 1 is 1.12 bits per heavy atom. The Kier molecular flexibility index (Phi) is 5.70. The molecule has 0 aromatic carbocycles. The van der Waals surface area contributed by atoms with E-state index in [2.05, 4.69) is 15.1 Å². The summed E-state index contributed by atoms with van der Waals surface area (Å²) in [4.78, 5) is 23.3. The maximum absolute atomic E-state index is 13.2. The number of alkyl halides is 3. The zero-order valence-electron chi connectivity index (χ0n) is 18.2. The van der Waals surface area contributed by atoms with Crippen molar-refractivity contribution in [1.82, 2.24) is 19.7 Å². The van der Waals surface area contributed by atoms with Crippen molar-refractivity contribution in [3.05, 3.63) is 47.5 Å². The molecule has 1 atom stereocenters. The number of fused-ring (bicyclic) bond motifs is 1. The zero-order chi connectivity index (χ0) is 23.9. The van der Waals surface area contributed by atoms with Gasteiger partial charge in [-0.25, -0.2) is 9.97 Å². The van der Waals surface area contributed by atoms with Crippen LogP contribution >= 0.6 is 0 Å². The SMILES string of the molecule is COc1cc(-c2cc(C)c3c(n2)C(OC)N(c2cnn(CC(F)(F)F)c2)C3=O)cnc1OC. The first-order valence-electron chi connectivity index (χ1n) is 9.72. The van der Waals surface area contributed by atoms with Crippen molar-refractivity contribution in [2.24, 2.45) is 0 Å².